The third-order valence-electron chi connectivity index (χ3n) is 3.42. The van der Waals surface area contributed by atoms with Gasteiger partial charge in [-0.1, -0.05) is 19.1 Å². The smallest absolute Gasteiger partial charge is 0.109 e. The molecule has 0 spiro atoms. The number of hydrogen-bond acceptors (Lipinski definition) is 4. The van der Waals surface area contributed by atoms with E-state index < -0.39 is 6.10 Å². The van der Waals surface area contributed by atoms with Gasteiger partial charge in [0, 0.05) is 13.5 Å². The summed E-state index contributed by atoms with van der Waals surface area (Å²) in [5, 5.41) is 10.2. The number of aliphatic hydroxyl groups is 1. The van der Waals surface area contributed by atoms with E-state index in [2.05, 4.69) is 16.5 Å². The molecule has 2 aromatic rings. The molecule has 0 aliphatic heterocycles. The molecule has 116 valence electrons. The lowest BCUT2D eigenvalue weighted by Crippen LogP contribution is -2.27. The van der Waals surface area contributed by atoms with Crippen molar-refractivity contribution in [3.63, 3.8) is 0 Å². The van der Waals surface area contributed by atoms with Gasteiger partial charge in [0.25, 0.3) is 0 Å². The third kappa shape index (κ3) is 4.03. The van der Waals surface area contributed by atoms with Gasteiger partial charge in [0.15, 0.2) is 0 Å². The van der Waals surface area contributed by atoms with Crippen LogP contribution in [0.1, 0.15) is 19.7 Å². The van der Waals surface area contributed by atoms with Crippen molar-refractivity contribution in [3.05, 3.63) is 30.1 Å². The second-order valence-electron chi connectivity index (χ2n) is 5.23. The number of aliphatic hydroxyl groups excluding tert-OH is 1. The summed E-state index contributed by atoms with van der Waals surface area (Å²) in [6.45, 7) is 5.31. The largest absolute Gasteiger partial charge is 0.389 e. The van der Waals surface area contributed by atoms with Gasteiger partial charge in [-0.3, -0.25) is 0 Å². The molecule has 2 unspecified atom stereocenters. The van der Waals surface area contributed by atoms with Crippen LogP contribution in [0.15, 0.2) is 24.3 Å². The van der Waals surface area contributed by atoms with Crippen LogP contribution < -0.4 is 0 Å². The number of ether oxygens (including phenoxy) is 2. The molecule has 5 nitrogen and oxygen atoms in total. The summed E-state index contributed by atoms with van der Waals surface area (Å²) in [5.74, 6) is 0.986. The second-order valence-corrected chi connectivity index (χ2v) is 5.23. The highest BCUT2D eigenvalue weighted by atomic mass is 16.5. The van der Waals surface area contributed by atoms with Crippen LogP contribution in [0, 0.1) is 0 Å². The van der Waals surface area contributed by atoms with E-state index >= 15 is 0 Å². The van der Waals surface area contributed by atoms with Gasteiger partial charge in [-0.15, -0.1) is 0 Å². The van der Waals surface area contributed by atoms with Crippen molar-refractivity contribution in [2.45, 2.75) is 39.0 Å². The third-order valence-corrected chi connectivity index (χ3v) is 3.42. The summed E-state index contributed by atoms with van der Waals surface area (Å²) in [6, 6.07) is 7.99. The van der Waals surface area contributed by atoms with E-state index in [0.29, 0.717) is 19.8 Å². The first-order valence-corrected chi connectivity index (χ1v) is 7.38. The molecule has 0 aliphatic rings. The lowest BCUT2D eigenvalue weighted by atomic mass is 10.3. The number of imidazole rings is 1. The first-order valence-electron chi connectivity index (χ1n) is 7.38. The zero-order valence-corrected chi connectivity index (χ0v) is 13.0. The summed E-state index contributed by atoms with van der Waals surface area (Å²) in [4.78, 5) is 4.60. The lowest BCUT2D eigenvalue weighted by molar-refractivity contribution is -0.0355. The summed E-state index contributed by atoms with van der Waals surface area (Å²) in [5.41, 5.74) is 2.02. The molecule has 1 N–H and O–H groups in total. The number of rotatable bonds is 8. The van der Waals surface area contributed by atoms with Crippen molar-refractivity contribution in [2.24, 2.45) is 0 Å². The number of aromatic nitrogens is 2. The highest BCUT2D eigenvalue weighted by Gasteiger charge is 2.14. The number of benzene rings is 1. The molecule has 1 heterocycles. The molecular formula is C16H24N2O3. The standard InChI is InChI=1S/C16H24N2O3/c1-4-16-17-14-7-5-6-8-15(14)18(16)9-13(19)11-21-12(2)10-20-3/h5-8,12-13,19H,4,9-11H2,1-3H3. The van der Waals surface area contributed by atoms with Gasteiger partial charge in [0.05, 0.1) is 43.0 Å². The summed E-state index contributed by atoms with van der Waals surface area (Å²) in [6.07, 6.45) is 0.254. The Morgan fingerprint density at radius 2 is 2.05 bits per heavy atom. The van der Waals surface area contributed by atoms with Crippen LogP contribution in [-0.2, 0) is 22.4 Å². The Morgan fingerprint density at radius 3 is 2.76 bits per heavy atom. The lowest BCUT2D eigenvalue weighted by Gasteiger charge is -2.17. The van der Waals surface area contributed by atoms with Crippen molar-refractivity contribution in [3.8, 4) is 0 Å². The van der Waals surface area contributed by atoms with Crippen LogP contribution in [-0.4, -0.2) is 47.2 Å². The van der Waals surface area contributed by atoms with Crippen LogP contribution in [0.25, 0.3) is 11.0 Å². The normalized spacial score (nSPS) is 14.5. The maximum Gasteiger partial charge on any atom is 0.109 e. The fourth-order valence-corrected chi connectivity index (χ4v) is 2.42. The van der Waals surface area contributed by atoms with Gasteiger partial charge in [0.1, 0.15) is 5.82 Å². The van der Waals surface area contributed by atoms with E-state index in [1.807, 2.05) is 31.2 Å². The average Bonchev–Trinajstić information content (AvgIpc) is 2.83. The van der Waals surface area contributed by atoms with Gasteiger partial charge in [0.2, 0.25) is 0 Å². The Balaban J connectivity index is 2.04. The second kappa shape index (κ2) is 7.54. The zero-order valence-electron chi connectivity index (χ0n) is 13.0. The van der Waals surface area contributed by atoms with E-state index in [1.54, 1.807) is 7.11 Å². The molecule has 0 fully saturated rings. The van der Waals surface area contributed by atoms with Crippen molar-refractivity contribution < 1.29 is 14.6 Å². The van der Waals surface area contributed by atoms with E-state index in [4.69, 9.17) is 9.47 Å². The summed E-state index contributed by atoms with van der Waals surface area (Å²) in [7, 11) is 1.64. The Morgan fingerprint density at radius 1 is 1.29 bits per heavy atom. The van der Waals surface area contributed by atoms with E-state index in [1.165, 1.54) is 0 Å². The maximum absolute atomic E-state index is 10.2. The fraction of sp³-hybridized carbons (Fsp3) is 0.562. The van der Waals surface area contributed by atoms with E-state index in [-0.39, 0.29) is 6.10 Å². The maximum atomic E-state index is 10.2. The van der Waals surface area contributed by atoms with Crippen LogP contribution in [0.4, 0.5) is 0 Å². The Kier molecular flexibility index (Phi) is 5.73. The average molecular weight is 292 g/mol. The van der Waals surface area contributed by atoms with Crippen LogP contribution in [0.3, 0.4) is 0 Å². The minimum absolute atomic E-state index is 0.0187. The fourth-order valence-electron chi connectivity index (χ4n) is 2.42. The van der Waals surface area contributed by atoms with Gasteiger partial charge in [-0.05, 0) is 19.1 Å². The van der Waals surface area contributed by atoms with E-state index in [0.717, 1.165) is 23.3 Å². The molecule has 0 radical (unpaired) electrons. The number of hydrogen-bond donors (Lipinski definition) is 1. The Bertz CT molecular complexity index is 568. The van der Waals surface area contributed by atoms with Gasteiger partial charge in [-0.25, -0.2) is 4.98 Å². The van der Waals surface area contributed by atoms with Crippen LogP contribution >= 0.6 is 0 Å². The van der Waals surface area contributed by atoms with Crippen molar-refractivity contribution in [1.82, 2.24) is 9.55 Å². The number of para-hydroxylation sites is 2. The zero-order chi connectivity index (χ0) is 15.2. The Labute approximate surface area is 125 Å². The van der Waals surface area contributed by atoms with E-state index in [9.17, 15) is 5.11 Å². The molecule has 0 amide bonds. The molecule has 0 aliphatic carbocycles. The van der Waals surface area contributed by atoms with Gasteiger partial charge in [-0.2, -0.15) is 0 Å². The molecule has 1 aromatic carbocycles. The molecule has 0 saturated heterocycles. The molecule has 5 heteroatoms. The molecule has 21 heavy (non-hydrogen) atoms. The summed E-state index contributed by atoms with van der Waals surface area (Å²) >= 11 is 0. The highest BCUT2D eigenvalue weighted by Crippen LogP contribution is 2.17. The minimum atomic E-state index is -0.563. The van der Waals surface area contributed by atoms with Gasteiger partial charge >= 0.3 is 0 Å². The monoisotopic (exact) mass is 292 g/mol. The predicted molar refractivity (Wildman–Crippen MR) is 82.4 cm³/mol. The highest BCUT2D eigenvalue weighted by molar-refractivity contribution is 5.75. The topological polar surface area (TPSA) is 56.5 Å². The first kappa shape index (κ1) is 15.9. The SMILES string of the molecule is CCc1nc2ccccc2n1CC(O)COC(C)COC. The number of methoxy groups -OCH3 is 1. The van der Waals surface area contributed by atoms with Gasteiger partial charge < -0.3 is 19.1 Å². The molecule has 2 atom stereocenters. The van der Waals surface area contributed by atoms with Crippen LogP contribution in [0.5, 0.6) is 0 Å². The Hall–Kier alpha value is -1.43. The first-order chi connectivity index (χ1) is 10.2. The molecule has 0 bridgehead atoms. The number of fused-ring (bicyclic) bond motifs is 1. The molecule has 2 rings (SSSR count). The number of aryl methyl sites for hydroxylation is 1. The summed E-state index contributed by atoms with van der Waals surface area (Å²) < 4.78 is 12.7. The molecular weight excluding hydrogens is 268 g/mol. The number of nitrogens with zero attached hydrogens (tertiary/aromatic N) is 2. The quantitative estimate of drug-likeness (QED) is 0.808. The minimum Gasteiger partial charge on any atom is -0.389 e. The van der Waals surface area contributed by atoms with Crippen molar-refractivity contribution >= 4 is 11.0 Å². The van der Waals surface area contributed by atoms with Crippen molar-refractivity contribution in [2.75, 3.05) is 20.3 Å². The molecule has 1 aromatic heterocycles. The van der Waals surface area contributed by atoms with Crippen molar-refractivity contribution in [1.29, 1.82) is 0 Å². The van der Waals surface area contributed by atoms with Crippen LogP contribution in [0.2, 0.25) is 0 Å². The molecule has 0 saturated carbocycles. The predicted octanol–water partition coefficient (Wildman–Crippen LogP) is 2.01.